The van der Waals surface area contributed by atoms with Gasteiger partial charge in [0.1, 0.15) is 0 Å². The molecular formula is C12H14N2O3S. The summed E-state index contributed by atoms with van der Waals surface area (Å²) in [6.07, 6.45) is 2.19. The van der Waals surface area contributed by atoms with E-state index in [1.165, 1.54) is 0 Å². The van der Waals surface area contributed by atoms with E-state index >= 15 is 0 Å². The maximum Gasteiger partial charge on any atom is 0.303 e. The van der Waals surface area contributed by atoms with Crippen LogP contribution in [0.4, 0.5) is 0 Å². The quantitative estimate of drug-likeness (QED) is 0.813. The Morgan fingerprint density at radius 3 is 2.89 bits per heavy atom. The largest absolute Gasteiger partial charge is 0.481 e. The Balaban J connectivity index is 1.91. The summed E-state index contributed by atoms with van der Waals surface area (Å²) in [5, 5.41) is 20.5. The third-order valence-electron chi connectivity index (χ3n) is 2.58. The van der Waals surface area contributed by atoms with Gasteiger partial charge in [-0.3, -0.25) is 4.79 Å². The fourth-order valence-corrected chi connectivity index (χ4v) is 2.42. The molecule has 96 valence electrons. The van der Waals surface area contributed by atoms with Gasteiger partial charge in [0.2, 0.25) is 11.8 Å². The van der Waals surface area contributed by atoms with E-state index in [-0.39, 0.29) is 6.42 Å². The van der Waals surface area contributed by atoms with Gasteiger partial charge in [0.05, 0.1) is 5.56 Å². The maximum atomic E-state index is 10.4. The first-order valence-corrected chi connectivity index (χ1v) is 6.68. The Morgan fingerprint density at radius 2 is 2.22 bits per heavy atom. The Kier molecular flexibility index (Phi) is 4.09. The fraction of sp³-hybridized carbons (Fsp3) is 0.417. The van der Waals surface area contributed by atoms with Gasteiger partial charge < -0.3 is 9.52 Å². The molecule has 0 amide bonds. The van der Waals surface area contributed by atoms with Crippen LogP contribution in [-0.4, -0.2) is 21.3 Å². The zero-order valence-corrected chi connectivity index (χ0v) is 10.9. The zero-order chi connectivity index (χ0) is 13.0. The lowest BCUT2D eigenvalue weighted by Crippen LogP contribution is -1.95. The van der Waals surface area contributed by atoms with E-state index in [1.54, 1.807) is 11.3 Å². The van der Waals surface area contributed by atoms with Gasteiger partial charge in [0.25, 0.3) is 0 Å². The van der Waals surface area contributed by atoms with Crippen LogP contribution in [0.15, 0.2) is 15.2 Å². The normalized spacial score (nSPS) is 10.7. The highest BCUT2D eigenvalue weighted by Crippen LogP contribution is 2.25. The van der Waals surface area contributed by atoms with E-state index in [0.717, 1.165) is 17.5 Å². The van der Waals surface area contributed by atoms with Crippen molar-refractivity contribution in [2.45, 2.75) is 32.6 Å². The fourth-order valence-electron chi connectivity index (χ4n) is 1.60. The molecule has 0 radical (unpaired) electrons. The summed E-state index contributed by atoms with van der Waals surface area (Å²) in [4.78, 5) is 10.4. The van der Waals surface area contributed by atoms with Gasteiger partial charge in [-0.05, 0) is 30.7 Å². The highest BCUT2D eigenvalue weighted by Gasteiger charge is 2.11. The number of aliphatic carboxylic acids is 1. The first-order chi connectivity index (χ1) is 8.66. The summed E-state index contributed by atoms with van der Waals surface area (Å²) < 4.78 is 5.55. The van der Waals surface area contributed by atoms with Gasteiger partial charge in [-0.2, -0.15) is 11.3 Å². The molecule has 0 saturated carbocycles. The predicted molar refractivity (Wildman–Crippen MR) is 67.5 cm³/mol. The molecule has 0 unspecified atom stereocenters. The predicted octanol–water partition coefficient (Wildman–Crippen LogP) is 2.90. The minimum atomic E-state index is -0.768. The van der Waals surface area contributed by atoms with Gasteiger partial charge in [0, 0.05) is 18.2 Å². The van der Waals surface area contributed by atoms with Crippen LogP contribution < -0.4 is 0 Å². The Bertz CT molecular complexity index is 533. The highest BCUT2D eigenvalue weighted by atomic mass is 32.1. The summed E-state index contributed by atoms with van der Waals surface area (Å²) in [6, 6.07) is 0. The molecule has 2 rings (SSSR count). The molecule has 0 aliphatic heterocycles. The van der Waals surface area contributed by atoms with Gasteiger partial charge in [-0.25, -0.2) is 0 Å². The molecule has 0 spiro atoms. The molecule has 0 aromatic carbocycles. The number of unbranched alkanes of at least 4 members (excludes halogenated alkanes) is 1. The van der Waals surface area contributed by atoms with Crippen molar-refractivity contribution in [1.82, 2.24) is 10.2 Å². The van der Waals surface area contributed by atoms with E-state index < -0.39 is 5.97 Å². The molecule has 2 heterocycles. The highest BCUT2D eigenvalue weighted by molar-refractivity contribution is 7.08. The second kappa shape index (κ2) is 5.77. The molecule has 2 aromatic heterocycles. The minimum absolute atomic E-state index is 0.185. The average molecular weight is 266 g/mol. The topological polar surface area (TPSA) is 76.2 Å². The summed E-state index contributed by atoms with van der Waals surface area (Å²) in [5.74, 6) is 0.345. The number of carbonyl (C=O) groups is 1. The lowest BCUT2D eigenvalue weighted by atomic mass is 10.2. The summed E-state index contributed by atoms with van der Waals surface area (Å²) in [5.41, 5.74) is 2.10. The second-order valence-electron chi connectivity index (χ2n) is 4.07. The molecule has 6 heteroatoms. The van der Waals surface area contributed by atoms with Crippen molar-refractivity contribution in [3.8, 4) is 11.5 Å². The van der Waals surface area contributed by atoms with Crippen molar-refractivity contribution in [2.24, 2.45) is 0 Å². The SMILES string of the molecule is Cc1cscc1-c1nnc(CCCCC(=O)O)o1. The van der Waals surface area contributed by atoms with Crippen molar-refractivity contribution in [3.05, 3.63) is 22.2 Å². The third kappa shape index (κ3) is 3.16. The molecule has 18 heavy (non-hydrogen) atoms. The van der Waals surface area contributed by atoms with E-state index in [1.807, 2.05) is 17.7 Å². The van der Waals surface area contributed by atoms with E-state index in [0.29, 0.717) is 24.6 Å². The maximum absolute atomic E-state index is 10.4. The van der Waals surface area contributed by atoms with E-state index in [2.05, 4.69) is 10.2 Å². The van der Waals surface area contributed by atoms with Crippen molar-refractivity contribution in [1.29, 1.82) is 0 Å². The monoisotopic (exact) mass is 266 g/mol. The molecule has 0 saturated heterocycles. The second-order valence-corrected chi connectivity index (χ2v) is 4.81. The van der Waals surface area contributed by atoms with Crippen molar-refractivity contribution in [3.63, 3.8) is 0 Å². The lowest BCUT2D eigenvalue weighted by molar-refractivity contribution is -0.137. The van der Waals surface area contributed by atoms with Gasteiger partial charge in [-0.1, -0.05) is 0 Å². The summed E-state index contributed by atoms with van der Waals surface area (Å²) >= 11 is 1.60. The van der Waals surface area contributed by atoms with Crippen molar-refractivity contribution < 1.29 is 14.3 Å². The molecule has 0 aliphatic carbocycles. The Labute approximate surface area is 108 Å². The van der Waals surface area contributed by atoms with Crippen LogP contribution >= 0.6 is 11.3 Å². The van der Waals surface area contributed by atoms with Crippen molar-refractivity contribution >= 4 is 17.3 Å². The average Bonchev–Trinajstić information content (AvgIpc) is 2.92. The van der Waals surface area contributed by atoms with Crippen LogP contribution in [0, 0.1) is 6.92 Å². The van der Waals surface area contributed by atoms with Crippen LogP contribution in [0.1, 0.15) is 30.7 Å². The number of carboxylic acids is 1. The number of nitrogens with zero attached hydrogens (tertiary/aromatic N) is 2. The van der Waals surface area contributed by atoms with Crippen LogP contribution in [0.5, 0.6) is 0 Å². The molecule has 0 aliphatic rings. The lowest BCUT2D eigenvalue weighted by Gasteiger charge is -1.94. The standard InChI is InChI=1S/C12H14N2O3S/c1-8-6-18-7-9(8)12-14-13-10(17-12)4-2-3-5-11(15)16/h6-7H,2-5H2,1H3,(H,15,16). The molecule has 0 bridgehead atoms. The van der Waals surface area contributed by atoms with Gasteiger partial charge >= 0.3 is 5.97 Å². The number of hydrogen-bond acceptors (Lipinski definition) is 5. The third-order valence-corrected chi connectivity index (χ3v) is 3.45. The molecule has 0 atom stereocenters. The number of aryl methyl sites for hydroxylation is 2. The number of thiophene rings is 1. The number of rotatable bonds is 6. The minimum Gasteiger partial charge on any atom is -0.481 e. The van der Waals surface area contributed by atoms with Gasteiger partial charge in [0.15, 0.2) is 0 Å². The summed E-state index contributed by atoms with van der Waals surface area (Å²) in [7, 11) is 0. The van der Waals surface area contributed by atoms with E-state index in [4.69, 9.17) is 9.52 Å². The summed E-state index contributed by atoms with van der Waals surface area (Å²) in [6.45, 7) is 2.00. The molecule has 5 nitrogen and oxygen atoms in total. The van der Waals surface area contributed by atoms with E-state index in [9.17, 15) is 4.79 Å². The Morgan fingerprint density at radius 1 is 1.39 bits per heavy atom. The van der Waals surface area contributed by atoms with Crippen LogP contribution in [-0.2, 0) is 11.2 Å². The van der Waals surface area contributed by atoms with Crippen LogP contribution in [0.2, 0.25) is 0 Å². The zero-order valence-electron chi connectivity index (χ0n) is 10.0. The molecule has 2 aromatic rings. The van der Waals surface area contributed by atoms with Gasteiger partial charge in [-0.15, -0.1) is 10.2 Å². The molecule has 1 N–H and O–H groups in total. The smallest absolute Gasteiger partial charge is 0.303 e. The van der Waals surface area contributed by atoms with Crippen molar-refractivity contribution in [2.75, 3.05) is 0 Å². The van der Waals surface area contributed by atoms with Crippen LogP contribution in [0.3, 0.4) is 0 Å². The number of hydrogen-bond donors (Lipinski definition) is 1. The first kappa shape index (κ1) is 12.8. The number of aromatic nitrogens is 2. The Hall–Kier alpha value is -1.69. The van der Waals surface area contributed by atoms with Crippen LogP contribution in [0.25, 0.3) is 11.5 Å². The number of carboxylic acid groups (broad SMARTS) is 1. The molecular weight excluding hydrogens is 252 g/mol. The first-order valence-electron chi connectivity index (χ1n) is 5.74. The molecule has 0 fully saturated rings.